The number of aryl methyl sites for hydroxylation is 1. The van der Waals surface area contributed by atoms with E-state index in [0.29, 0.717) is 6.54 Å². The molecule has 2 N–H and O–H groups in total. The molecule has 3 nitrogen and oxygen atoms in total. The number of hydrogen-bond donors (Lipinski definition) is 1. The summed E-state index contributed by atoms with van der Waals surface area (Å²) in [4.78, 5) is 9.62. The zero-order valence-corrected chi connectivity index (χ0v) is 9.87. The molecule has 0 radical (unpaired) electrons. The molecule has 0 bridgehead atoms. The highest BCUT2D eigenvalue weighted by atomic mass is 32.2. The predicted molar refractivity (Wildman–Crippen MR) is 65.2 cm³/mol. The van der Waals surface area contributed by atoms with Crippen molar-refractivity contribution in [2.24, 2.45) is 5.73 Å². The van der Waals surface area contributed by atoms with Crippen LogP contribution in [0.5, 0.6) is 0 Å². The zero-order chi connectivity index (χ0) is 11.4. The Balaban J connectivity index is 2.11. The van der Waals surface area contributed by atoms with Gasteiger partial charge in [-0.2, -0.15) is 0 Å². The highest BCUT2D eigenvalue weighted by Gasteiger charge is 2.00. The Bertz CT molecular complexity index is 451. The van der Waals surface area contributed by atoms with Crippen LogP contribution < -0.4 is 5.73 Å². The molecule has 2 rings (SSSR count). The molecule has 4 heteroatoms. The van der Waals surface area contributed by atoms with Crippen molar-refractivity contribution < 1.29 is 0 Å². The third-order valence-corrected chi connectivity index (χ3v) is 3.05. The molecule has 0 aliphatic carbocycles. The Morgan fingerprint density at radius 1 is 1.12 bits per heavy atom. The van der Waals surface area contributed by atoms with Gasteiger partial charge in [-0.15, -0.1) is 0 Å². The van der Waals surface area contributed by atoms with Gasteiger partial charge in [-0.1, -0.05) is 17.7 Å². The van der Waals surface area contributed by atoms with Crippen LogP contribution in [0.4, 0.5) is 0 Å². The summed E-state index contributed by atoms with van der Waals surface area (Å²) in [6.45, 7) is 2.55. The first-order valence-electron chi connectivity index (χ1n) is 5.03. The maximum atomic E-state index is 5.48. The van der Waals surface area contributed by atoms with E-state index in [4.69, 9.17) is 5.73 Å². The van der Waals surface area contributed by atoms with Gasteiger partial charge in [0.15, 0.2) is 5.16 Å². The molecule has 0 atom stereocenters. The van der Waals surface area contributed by atoms with E-state index in [-0.39, 0.29) is 0 Å². The number of nitrogens with zero attached hydrogens (tertiary/aromatic N) is 2. The molecule has 0 amide bonds. The van der Waals surface area contributed by atoms with E-state index in [2.05, 4.69) is 41.2 Å². The van der Waals surface area contributed by atoms with Crippen LogP contribution >= 0.6 is 11.8 Å². The van der Waals surface area contributed by atoms with Gasteiger partial charge in [-0.05, 0) is 30.8 Å². The SMILES string of the molecule is Cc1ccc(Sc2ncc(CN)cn2)cc1. The van der Waals surface area contributed by atoms with E-state index in [1.54, 1.807) is 24.2 Å². The summed E-state index contributed by atoms with van der Waals surface area (Å²) >= 11 is 1.55. The van der Waals surface area contributed by atoms with E-state index in [0.717, 1.165) is 15.6 Å². The second-order valence-electron chi connectivity index (χ2n) is 3.49. The minimum absolute atomic E-state index is 0.482. The van der Waals surface area contributed by atoms with E-state index in [1.807, 2.05) is 0 Å². The fourth-order valence-corrected chi connectivity index (χ4v) is 1.91. The molecular weight excluding hydrogens is 218 g/mol. The second-order valence-corrected chi connectivity index (χ2v) is 4.53. The van der Waals surface area contributed by atoms with Crippen LogP contribution in [-0.4, -0.2) is 9.97 Å². The molecule has 0 saturated carbocycles. The molecule has 0 fully saturated rings. The first-order chi connectivity index (χ1) is 7.78. The summed E-state index contributed by atoms with van der Waals surface area (Å²) in [5, 5.41) is 0.751. The lowest BCUT2D eigenvalue weighted by Crippen LogP contribution is -1.98. The number of hydrogen-bond acceptors (Lipinski definition) is 4. The highest BCUT2D eigenvalue weighted by molar-refractivity contribution is 7.99. The molecule has 0 spiro atoms. The van der Waals surface area contributed by atoms with Gasteiger partial charge in [0, 0.05) is 29.4 Å². The van der Waals surface area contributed by atoms with Crippen molar-refractivity contribution in [3.63, 3.8) is 0 Å². The fourth-order valence-electron chi connectivity index (χ4n) is 1.21. The molecule has 1 aromatic heterocycles. The monoisotopic (exact) mass is 231 g/mol. The lowest BCUT2D eigenvalue weighted by atomic mass is 10.2. The van der Waals surface area contributed by atoms with Gasteiger partial charge < -0.3 is 5.73 Å². The van der Waals surface area contributed by atoms with Crippen molar-refractivity contribution in [1.29, 1.82) is 0 Å². The fraction of sp³-hybridized carbons (Fsp3) is 0.167. The Kier molecular flexibility index (Phi) is 3.54. The van der Waals surface area contributed by atoms with Crippen LogP contribution in [0, 0.1) is 6.92 Å². The molecule has 1 aromatic carbocycles. The Morgan fingerprint density at radius 3 is 2.31 bits per heavy atom. The van der Waals surface area contributed by atoms with Crippen LogP contribution in [-0.2, 0) is 6.54 Å². The molecule has 0 unspecified atom stereocenters. The summed E-state index contributed by atoms with van der Waals surface area (Å²) < 4.78 is 0. The van der Waals surface area contributed by atoms with Crippen molar-refractivity contribution >= 4 is 11.8 Å². The maximum Gasteiger partial charge on any atom is 0.192 e. The van der Waals surface area contributed by atoms with Gasteiger partial charge in [0.1, 0.15) is 0 Å². The van der Waals surface area contributed by atoms with Crippen molar-refractivity contribution in [2.75, 3.05) is 0 Å². The predicted octanol–water partition coefficient (Wildman–Crippen LogP) is 2.39. The summed E-state index contributed by atoms with van der Waals surface area (Å²) in [6, 6.07) is 8.30. The molecule has 1 heterocycles. The molecule has 0 aliphatic heterocycles. The van der Waals surface area contributed by atoms with Crippen LogP contribution in [0.3, 0.4) is 0 Å². The summed E-state index contributed by atoms with van der Waals surface area (Å²) in [5.74, 6) is 0. The van der Waals surface area contributed by atoms with Crippen LogP contribution in [0.2, 0.25) is 0 Å². The summed E-state index contributed by atoms with van der Waals surface area (Å²) in [5.41, 5.74) is 7.69. The minimum atomic E-state index is 0.482. The third-order valence-electron chi connectivity index (χ3n) is 2.15. The van der Waals surface area contributed by atoms with Crippen molar-refractivity contribution in [3.05, 3.63) is 47.8 Å². The largest absolute Gasteiger partial charge is 0.326 e. The van der Waals surface area contributed by atoms with Crippen molar-refractivity contribution in [3.8, 4) is 0 Å². The van der Waals surface area contributed by atoms with Gasteiger partial charge in [-0.25, -0.2) is 9.97 Å². The van der Waals surface area contributed by atoms with Crippen molar-refractivity contribution in [1.82, 2.24) is 9.97 Å². The van der Waals surface area contributed by atoms with E-state index < -0.39 is 0 Å². The number of aromatic nitrogens is 2. The summed E-state index contributed by atoms with van der Waals surface area (Å²) in [6.07, 6.45) is 3.53. The molecule has 0 aliphatic rings. The van der Waals surface area contributed by atoms with Crippen LogP contribution in [0.15, 0.2) is 46.7 Å². The van der Waals surface area contributed by atoms with Gasteiger partial charge in [0.2, 0.25) is 0 Å². The van der Waals surface area contributed by atoms with Crippen molar-refractivity contribution in [2.45, 2.75) is 23.5 Å². The van der Waals surface area contributed by atoms with Gasteiger partial charge >= 0.3 is 0 Å². The lowest BCUT2D eigenvalue weighted by molar-refractivity contribution is 0.914. The quantitative estimate of drug-likeness (QED) is 0.824. The lowest BCUT2D eigenvalue weighted by Gasteiger charge is -2.01. The molecule has 82 valence electrons. The smallest absolute Gasteiger partial charge is 0.192 e. The molecular formula is C12H13N3S. The first kappa shape index (κ1) is 11.1. The molecule has 16 heavy (non-hydrogen) atoms. The minimum Gasteiger partial charge on any atom is -0.326 e. The van der Waals surface area contributed by atoms with Crippen LogP contribution in [0.1, 0.15) is 11.1 Å². The summed E-state index contributed by atoms with van der Waals surface area (Å²) in [7, 11) is 0. The second kappa shape index (κ2) is 5.09. The standard InChI is InChI=1S/C12H13N3S/c1-9-2-4-11(5-3-9)16-12-14-7-10(6-13)8-15-12/h2-5,7-8H,6,13H2,1H3. The Morgan fingerprint density at radius 2 is 1.75 bits per heavy atom. The molecule has 2 aromatic rings. The highest BCUT2D eigenvalue weighted by Crippen LogP contribution is 2.24. The third kappa shape index (κ3) is 2.81. The normalized spacial score (nSPS) is 10.4. The number of benzene rings is 1. The number of rotatable bonds is 3. The van der Waals surface area contributed by atoms with Gasteiger partial charge in [0.25, 0.3) is 0 Å². The molecule has 0 saturated heterocycles. The average Bonchev–Trinajstić information content (AvgIpc) is 2.33. The number of nitrogens with two attached hydrogens (primary N) is 1. The van der Waals surface area contributed by atoms with Crippen LogP contribution in [0.25, 0.3) is 0 Å². The Labute approximate surface area is 99.1 Å². The van der Waals surface area contributed by atoms with E-state index >= 15 is 0 Å². The average molecular weight is 231 g/mol. The van der Waals surface area contributed by atoms with Gasteiger partial charge in [-0.3, -0.25) is 0 Å². The van der Waals surface area contributed by atoms with E-state index in [9.17, 15) is 0 Å². The maximum absolute atomic E-state index is 5.48. The zero-order valence-electron chi connectivity index (χ0n) is 9.05. The van der Waals surface area contributed by atoms with Gasteiger partial charge in [0.05, 0.1) is 0 Å². The Hall–Kier alpha value is -1.39. The first-order valence-corrected chi connectivity index (χ1v) is 5.85. The van der Waals surface area contributed by atoms with E-state index in [1.165, 1.54) is 5.56 Å². The topological polar surface area (TPSA) is 51.8 Å².